The van der Waals surface area contributed by atoms with Crippen LogP contribution in [0.3, 0.4) is 0 Å². The number of benzene rings is 2. The van der Waals surface area contributed by atoms with E-state index < -0.39 is 6.04 Å². The van der Waals surface area contributed by atoms with E-state index in [9.17, 15) is 9.59 Å². The number of carbonyl (C=O) groups is 2. The number of nitrogens with one attached hydrogen (secondary N) is 4. The van der Waals surface area contributed by atoms with Crippen LogP contribution in [-0.2, 0) is 9.59 Å². The maximum Gasteiger partial charge on any atom is 0.253 e. The van der Waals surface area contributed by atoms with Crippen molar-refractivity contribution in [3.63, 3.8) is 0 Å². The van der Waals surface area contributed by atoms with Crippen molar-refractivity contribution in [1.29, 1.82) is 0 Å². The predicted molar refractivity (Wildman–Crippen MR) is 102 cm³/mol. The summed E-state index contributed by atoms with van der Waals surface area (Å²) in [6.45, 7) is 1.66. The van der Waals surface area contributed by atoms with Gasteiger partial charge in [0.05, 0.1) is 19.3 Å². The third kappa shape index (κ3) is 5.94. The molecule has 2 rings (SSSR count). The highest BCUT2D eigenvalue weighted by molar-refractivity contribution is 6.30. The number of methoxy groups -OCH3 is 1. The molecule has 8 heteroatoms. The number of hydrogen-bond acceptors (Lipinski definition) is 5. The second kappa shape index (κ2) is 9.65. The van der Waals surface area contributed by atoms with Gasteiger partial charge in [0.15, 0.2) is 0 Å². The lowest BCUT2D eigenvalue weighted by atomic mass is 10.3. The first-order valence-electron chi connectivity index (χ1n) is 7.97. The zero-order chi connectivity index (χ0) is 18.9. The molecule has 2 amide bonds. The van der Waals surface area contributed by atoms with Crippen molar-refractivity contribution in [1.82, 2.24) is 10.9 Å². The molecule has 0 aliphatic heterocycles. The molecule has 2 aromatic rings. The van der Waals surface area contributed by atoms with E-state index in [1.807, 2.05) is 12.1 Å². The molecule has 0 aliphatic carbocycles. The average Bonchev–Trinajstić information content (AvgIpc) is 2.64. The van der Waals surface area contributed by atoms with Crippen molar-refractivity contribution >= 4 is 34.8 Å². The normalized spacial score (nSPS) is 11.3. The van der Waals surface area contributed by atoms with Gasteiger partial charge in [-0.2, -0.15) is 0 Å². The van der Waals surface area contributed by atoms with Gasteiger partial charge >= 0.3 is 0 Å². The highest BCUT2D eigenvalue weighted by Crippen LogP contribution is 2.22. The van der Waals surface area contributed by atoms with Gasteiger partial charge in [0.25, 0.3) is 5.91 Å². The number of anilines is 2. The largest absolute Gasteiger partial charge is 0.495 e. The van der Waals surface area contributed by atoms with E-state index >= 15 is 0 Å². The van der Waals surface area contributed by atoms with E-state index in [1.165, 1.54) is 0 Å². The summed E-state index contributed by atoms with van der Waals surface area (Å²) in [5, 5.41) is 6.21. The molecule has 0 saturated heterocycles. The Hall–Kier alpha value is -2.77. The van der Waals surface area contributed by atoms with Crippen LogP contribution in [0.15, 0.2) is 48.5 Å². The molecule has 4 N–H and O–H groups in total. The number of carbonyl (C=O) groups excluding carboxylic acids is 2. The Morgan fingerprint density at radius 3 is 2.65 bits per heavy atom. The van der Waals surface area contributed by atoms with Crippen LogP contribution in [0.4, 0.5) is 11.4 Å². The summed E-state index contributed by atoms with van der Waals surface area (Å²) in [5.41, 5.74) is 6.44. The van der Waals surface area contributed by atoms with Crippen LogP contribution < -0.4 is 26.2 Å². The van der Waals surface area contributed by atoms with Crippen LogP contribution in [0.2, 0.25) is 5.02 Å². The van der Waals surface area contributed by atoms with E-state index in [-0.39, 0.29) is 18.4 Å². The smallest absolute Gasteiger partial charge is 0.253 e. The Morgan fingerprint density at radius 2 is 1.92 bits per heavy atom. The maximum atomic E-state index is 12.1. The van der Waals surface area contributed by atoms with Crippen molar-refractivity contribution in [3.05, 3.63) is 53.6 Å². The van der Waals surface area contributed by atoms with E-state index in [0.717, 1.165) is 0 Å². The highest BCUT2D eigenvalue weighted by Gasteiger charge is 2.14. The van der Waals surface area contributed by atoms with Gasteiger partial charge in [-0.05, 0) is 37.3 Å². The number of ether oxygens (including phenoxy) is 1. The summed E-state index contributed by atoms with van der Waals surface area (Å²) in [4.78, 5) is 24.0. The van der Waals surface area contributed by atoms with Gasteiger partial charge < -0.3 is 15.4 Å². The fourth-order valence-corrected chi connectivity index (χ4v) is 2.27. The minimum atomic E-state index is -0.635. The Kier molecular flexibility index (Phi) is 7.25. The van der Waals surface area contributed by atoms with Gasteiger partial charge in [0.1, 0.15) is 11.8 Å². The molecular weight excluding hydrogens is 356 g/mol. The molecule has 1 atom stereocenters. The molecule has 0 spiro atoms. The Bertz CT molecular complexity index is 770. The maximum absolute atomic E-state index is 12.1. The Morgan fingerprint density at radius 1 is 1.15 bits per heavy atom. The molecule has 0 fully saturated rings. The van der Waals surface area contributed by atoms with Crippen molar-refractivity contribution in [3.8, 4) is 5.75 Å². The van der Waals surface area contributed by atoms with Gasteiger partial charge in [-0.1, -0.05) is 29.8 Å². The van der Waals surface area contributed by atoms with Crippen LogP contribution in [0.1, 0.15) is 6.92 Å². The molecule has 138 valence electrons. The summed E-state index contributed by atoms with van der Waals surface area (Å²) >= 11 is 5.88. The number of hydrogen-bond donors (Lipinski definition) is 4. The summed E-state index contributed by atoms with van der Waals surface area (Å²) < 4.78 is 5.20. The second-order valence-corrected chi connectivity index (χ2v) is 5.90. The molecule has 2 aromatic carbocycles. The first kappa shape index (κ1) is 19.6. The zero-order valence-electron chi connectivity index (χ0n) is 14.5. The number of hydrazine groups is 1. The summed E-state index contributed by atoms with van der Waals surface area (Å²) in [7, 11) is 1.56. The topological polar surface area (TPSA) is 91.5 Å². The Labute approximate surface area is 157 Å². The zero-order valence-corrected chi connectivity index (χ0v) is 15.3. The van der Waals surface area contributed by atoms with Crippen LogP contribution in [0.25, 0.3) is 0 Å². The van der Waals surface area contributed by atoms with E-state index in [4.69, 9.17) is 16.3 Å². The standard InChI is InChI=1S/C18H21ClN4O3/c1-12(18(25)21-14-7-5-6-13(19)10-14)22-23-17(24)11-20-15-8-3-4-9-16(15)26-2/h3-10,12,20,22H,11H2,1-2H3,(H,21,25)(H,23,24)/t12-/m0/s1. The third-order valence-corrected chi connectivity index (χ3v) is 3.69. The number of para-hydroxylation sites is 2. The predicted octanol–water partition coefficient (Wildman–Crippen LogP) is 2.41. The molecule has 26 heavy (non-hydrogen) atoms. The quantitative estimate of drug-likeness (QED) is 0.531. The summed E-state index contributed by atoms with van der Waals surface area (Å²) in [6, 6.07) is 13.5. The van der Waals surface area contributed by atoms with Gasteiger partial charge in [-0.15, -0.1) is 0 Å². The first-order valence-corrected chi connectivity index (χ1v) is 8.35. The monoisotopic (exact) mass is 376 g/mol. The summed E-state index contributed by atoms with van der Waals surface area (Å²) in [6.07, 6.45) is 0. The van der Waals surface area contributed by atoms with Gasteiger partial charge in [0.2, 0.25) is 5.91 Å². The number of rotatable bonds is 8. The van der Waals surface area contributed by atoms with Crippen molar-refractivity contribution < 1.29 is 14.3 Å². The first-order chi connectivity index (χ1) is 12.5. The fraction of sp³-hybridized carbons (Fsp3) is 0.222. The molecule has 0 saturated carbocycles. The Balaban J connectivity index is 1.76. The SMILES string of the molecule is COc1ccccc1NCC(=O)NN[C@@H](C)C(=O)Nc1cccc(Cl)c1. The van der Waals surface area contributed by atoms with E-state index in [0.29, 0.717) is 22.1 Å². The average molecular weight is 377 g/mol. The van der Waals surface area contributed by atoms with Gasteiger partial charge in [-0.3, -0.25) is 15.0 Å². The van der Waals surface area contributed by atoms with Gasteiger partial charge in [0, 0.05) is 10.7 Å². The minimum Gasteiger partial charge on any atom is -0.495 e. The number of halogens is 1. The molecule has 0 bridgehead atoms. The van der Waals surface area contributed by atoms with Crippen LogP contribution >= 0.6 is 11.6 Å². The molecule has 0 aromatic heterocycles. The lowest BCUT2D eigenvalue weighted by Crippen LogP contribution is -2.49. The highest BCUT2D eigenvalue weighted by atomic mass is 35.5. The van der Waals surface area contributed by atoms with Crippen LogP contribution in [0.5, 0.6) is 5.75 Å². The molecule has 0 radical (unpaired) electrons. The number of amides is 2. The molecule has 0 aliphatic rings. The molecule has 7 nitrogen and oxygen atoms in total. The van der Waals surface area contributed by atoms with E-state index in [2.05, 4.69) is 21.5 Å². The lowest BCUT2D eigenvalue weighted by molar-refractivity contribution is -0.121. The van der Waals surface area contributed by atoms with Crippen molar-refractivity contribution in [2.75, 3.05) is 24.3 Å². The van der Waals surface area contributed by atoms with Crippen LogP contribution in [0, 0.1) is 0 Å². The van der Waals surface area contributed by atoms with Gasteiger partial charge in [-0.25, -0.2) is 5.43 Å². The lowest BCUT2D eigenvalue weighted by Gasteiger charge is -2.16. The van der Waals surface area contributed by atoms with Crippen molar-refractivity contribution in [2.24, 2.45) is 0 Å². The van der Waals surface area contributed by atoms with Crippen molar-refractivity contribution in [2.45, 2.75) is 13.0 Å². The van der Waals surface area contributed by atoms with E-state index in [1.54, 1.807) is 50.4 Å². The minimum absolute atomic E-state index is 0.0238. The summed E-state index contributed by atoms with van der Waals surface area (Å²) in [5.74, 6) is 0.0195. The van der Waals surface area contributed by atoms with Crippen LogP contribution in [-0.4, -0.2) is 31.5 Å². The fourth-order valence-electron chi connectivity index (χ4n) is 2.08. The third-order valence-electron chi connectivity index (χ3n) is 3.46. The molecule has 0 heterocycles. The molecular formula is C18H21ClN4O3. The second-order valence-electron chi connectivity index (χ2n) is 5.47. The molecule has 0 unspecified atom stereocenters.